The summed E-state index contributed by atoms with van der Waals surface area (Å²) in [6, 6.07) is 22.1. The lowest BCUT2D eigenvalue weighted by Gasteiger charge is -2.45. The van der Waals surface area contributed by atoms with Crippen molar-refractivity contribution in [2.75, 3.05) is 11.4 Å². The van der Waals surface area contributed by atoms with Crippen LogP contribution in [0.25, 0.3) is 11.1 Å². The highest BCUT2D eigenvalue weighted by atomic mass is 32.2. The van der Waals surface area contributed by atoms with Crippen molar-refractivity contribution >= 4 is 15.7 Å². The summed E-state index contributed by atoms with van der Waals surface area (Å²) in [5.41, 5.74) is 3.44. The van der Waals surface area contributed by atoms with Crippen LogP contribution in [0.5, 0.6) is 5.75 Å². The summed E-state index contributed by atoms with van der Waals surface area (Å²) in [4.78, 5) is 0.252. The number of fused-ring (bicyclic) bond motifs is 3. The van der Waals surface area contributed by atoms with Gasteiger partial charge in [0.25, 0.3) is 10.0 Å². The summed E-state index contributed by atoms with van der Waals surface area (Å²) in [6.07, 6.45) is 0. The molecule has 3 aromatic rings. The molecule has 0 bridgehead atoms. The van der Waals surface area contributed by atoms with Crippen molar-refractivity contribution in [1.29, 1.82) is 0 Å². The SMILES string of the molecule is COc1ccc(S(=O)(=O)N2c3ccccc3-c3ccccc3[C@H]2C(C)(C)C)cc1. The molecule has 0 saturated carbocycles. The molecule has 0 aliphatic carbocycles. The van der Waals surface area contributed by atoms with Crippen LogP contribution >= 0.6 is 0 Å². The number of para-hydroxylation sites is 1. The van der Waals surface area contributed by atoms with E-state index in [1.165, 1.54) is 0 Å². The number of benzene rings is 3. The molecule has 0 amide bonds. The Kier molecular flexibility index (Phi) is 4.66. The lowest BCUT2D eigenvalue weighted by atomic mass is 9.77. The molecule has 0 saturated heterocycles. The van der Waals surface area contributed by atoms with E-state index in [9.17, 15) is 8.42 Å². The molecule has 0 fully saturated rings. The van der Waals surface area contributed by atoms with Crippen LogP contribution in [0.4, 0.5) is 5.69 Å². The molecule has 29 heavy (non-hydrogen) atoms. The fraction of sp³-hybridized carbons (Fsp3) is 0.250. The fourth-order valence-corrected chi connectivity index (χ4v) is 5.92. The third-order valence-corrected chi connectivity index (χ3v) is 7.15. The Morgan fingerprint density at radius 3 is 2.03 bits per heavy atom. The van der Waals surface area contributed by atoms with Crippen molar-refractivity contribution < 1.29 is 13.2 Å². The van der Waals surface area contributed by atoms with Crippen LogP contribution in [-0.4, -0.2) is 15.5 Å². The van der Waals surface area contributed by atoms with E-state index in [0.29, 0.717) is 11.4 Å². The summed E-state index contributed by atoms with van der Waals surface area (Å²) in [5.74, 6) is 0.626. The van der Waals surface area contributed by atoms with Crippen molar-refractivity contribution in [3.63, 3.8) is 0 Å². The first-order chi connectivity index (χ1) is 13.7. The van der Waals surface area contributed by atoms with E-state index in [1.54, 1.807) is 35.7 Å². The summed E-state index contributed by atoms with van der Waals surface area (Å²) in [6.45, 7) is 6.25. The van der Waals surface area contributed by atoms with Gasteiger partial charge in [-0.05, 0) is 46.9 Å². The van der Waals surface area contributed by atoms with Gasteiger partial charge < -0.3 is 4.74 Å². The summed E-state index contributed by atoms with van der Waals surface area (Å²) in [7, 11) is -2.23. The molecule has 1 heterocycles. The maximum Gasteiger partial charge on any atom is 0.264 e. The molecule has 5 heteroatoms. The first-order valence-corrected chi connectivity index (χ1v) is 11.1. The van der Waals surface area contributed by atoms with Gasteiger partial charge in [0.2, 0.25) is 0 Å². The smallest absolute Gasteiger partial charge is 0.264 e. The molecular formula is C24H25NO3S. The van der Waals surface area contributed by atoms with Crippen LogP contribution in [0.1, 0.15) is 32.4 Å². The average Bonchev–Trinajstić information content (AvgIpc) is 2.72. The van der Waals surface area contributed by atoms with Gasteiger partial charge in [0, 0.05) is 5.56 Å². The fourth-order valence-electron chi connectivity index (χ4n) is 4.09. The van der Waals surface area contributed by atoms with Crippen molar-refractivity contribution in [3.8, 4) is 16.9 Å². The van der Waals surface area contributed by atoms with E-state index in [4.69, 9.17) is 4.74 Å². The molecule has 1 aliphatic rings. The maximum absolute atomic E-state index is 13.9. The molecular weight excluding hydrogens is 382 g/mol. The minimum atomic E-state index is -3.80. The van der Waals surface area contributed by atoms with Gasteiger partial charge in [-0.25, -0.2) is 8.42 Å². The van der Waals surface area contributed by atoms with E-state index in [1.807, 2.05) is 42.5 Å². The molecule has 1 aliphatic heterocycles. The quantitative estimate of drug-likeness (QED) is 0.563. The van der Waals surface area contributed by atoms with Crippen LogP contribution in [-0.2, 0) is 10.0 Å². The highest BCUT2D eigenvalue weighted by Crippen LogP contribution is 2.52. The van der Waals surface area contributed by atoms with Gasteiger partial charge in [0.1, 0.15) is 5.75 Å². The minimum absolute atomic E-state index is 0.252. The lowest BCUT2D eigenvalue weighted by Crippen LogP contribution is -2.43. The lowest BCUT2D eigenvalue weighted by molar-refractivity contribution is 0.327. The minimum Gasteiger partial charge on any atom is -0.497 e. The number of methoxy groups -OCH3 is 1. The molecule has 150 valence electrons. The Hall–Kier alpha value is -2.79. The molecule has 0 aromatic heterocycles. The van der Waals surface area contributed by atoms with Gasteiger partial charge in [-0.3, -0.25) is 4.31 Å². The van der Waals surface area contributed by atoms with E-state index < -0.39 is 10.0 Å². The number of sulfonamides is 1. The number of nitrogens with zero attached hydrogens (tertiary/aromatic N) is 1. The van der Waals surface area contributed by atoms with Crippen molar-refractivity contribution in [3.05, 3.63) is 78.4 Å². The molecule has 0 radical (unpaired) electrons. The third kappa shape index (κ3) is 3.19. The van der Waals surface area contributed by atoms with Crippen LogP contribution in [0.15, 0.2) is 77.7 Å². The molecule has 0 unspecified atom stereocenters. The predicted molar refractivity (Wildman–Crippen MR) is 117 cm³/mol. The van der Waals surface area contributed by atoms with Crippen LogP contribution < -0.4 is 9.04 Å². The zero-order chi connectivity index (χ0) is 20.8. The third-order valence-electron chi connectivity index (χ3n) is 5.36. The van der Waals surface area contributed by atoms with E-state index in [-0.39, 0.29) is 16.4 Å². The number of anilines is 1. The highest BCUT2D eigenvalue weighted by molar-refractivity contribution is 7.92. The number of hydrogen-bond donors (Lipinski definition) is 0. The largest absolute Gasteiger partial charge is 0.497 e. The Bertz CT molecular complexity index is 1150. The van der Waals surface area contributed by atoms with Crippen molar-refractivity contribution in [2.24, 2.45) is 5.41 Å². The highest BCUT2D eigenvalue weighted by Gasteiger charge is 2.44. The number of ether oxygens (including phenoxy) is 1. The maximum atomic E-state index is 13.9. The Morgan fingerprint density at radius 1 is 0.828 bits per heavy atom. The van der Waals surface area contributed by atoms with Gasteiger partial charge in [-0.1, -0.05) is 63.2 Å². The molecule has 1 atom stereocenters. The van der Waals surface area contributed by atoms with Crippen LogP contribution in [0.2, 0.25) is 0 Å². The van der Waals surface area contributed by atoms with Crippen LogP contribution in [0.3, 0.4) is 0 Å². The van der Waals surface area contributed by atoms with E-state index in [2.05, 4.69) is 26.8 Å². The second-order valence-electron chi connectivity index (χ2n) is 8.35. The Morgan fingerprint density at radius 2 is 1.41 bits per heavy atom. The Balaban J connectivity index is 1.99. The molecule has 4 rings (SSSR count). The molecule has 4 nitrogen and oxygen atoms in total. The summed E-state index contributed by atoms with van der Waals surface area (Å²) < 4.78 is 34.6. The topological polar surface area (TPSA) is 46.6 Å². The van der Waals surface area contributed by atoms with Gasteiger partial charge in [0.15, 0.2) is 0 Å². The first kappa shape index (κ1) is 19.5. The molecule has 0 N–H and O–H groups in total. The second-order valence-corrected chi connectivity index (χ2v) is 10.2. The normalized spacial score (nSPS) is 16.1. The van der Waals surface area contributed by atoms with E-state index in [0.717, 1.165) is 16.7 Å². The van der Waals surface area contributed by atoms with Crippen molar-refractivity contribution in [2.45, 2.75) is 31.7 Å². The van der Waals surface area contributed by atoms with Gasteiger partial charge >= 0.3 is 0 Å². The average molecular weight is 408 g/mol. The van der Waals surface area contributed by atoms with Crippen molar-refractivity contribution in [1.82, 2.24) is 0 Å². The molecule has 0 spiro atoms. The second kappa shape index (κ2) is 6.92. The summed E-state index contributed by atoms with van der Waals surface area (Å²) >= 11 is 0. The summed E-state index contributed by atoms with van der Waals surface area (Å²) in [5, 5.41) is 0. The number of rotatable bonds is 3. The standard InChI is InChI=1S/C24H25NO3S/c1-24(2,3)23-21-11-6-5-9-19(21)20-10-7-8-12-22(20)25(23)29(26,27)18-15-13-17(28-4)14-16-18/h5-16,23H,1-4H3/t23-/m0/s1. The number of hydrogen-bond acceptors (Lipinski definition) is 3. The zero-order valence-corrected chi connectivity index (χ0v) is 17.9. The van der Waals surface area contributed by atoms with Crippen LogP contribution in [0, 0.1) is 5.41 Å². The van der Waals surface area contributed by atoms with E-state index >= 15 is 0 Å². The Labute approximate surface area is 172 Å². The van der Waals surface area contributed by atoms with Gasteiger partial charge in [-0.2, -0.15) is 0 Å². The monoisotopic (exact) mass is 407 g/mol. The zero-order valence-electron chi connectivity index (χ0n) is 17.1. The molecule has 3 aromatic carbocycles. The predicted octanol–water partition coefficient (Wildman–Crippen LogP) is 5.66. The van der Waals surface area contributed by atoms with Gasteiger partial charge in [-0.15, -0.1) is 0 Å². The first-order valence-electron chi connectivity index (χ1n) is 9.62. The van der Waals surface area contributed by atoms with Gasteiger partial charge in [0.05, 0.1) is 23.7 Å².